The van der Waals surface area contributed by atoms with Crippen LogP contribution >= 0.6 is 0 Å². The molecular formula is C28H35N5O3. The Hall–Kier alpha value is -3.83. The molecule has 2 N–H and O–H groups in total. The van der Waals surface area contributed by atoms with Crippen molar-refractivity contribution < 1.29 is 14.3 Å². The minimum Gasteiger partial charge on any atom is -0.444 e. The van der Waals surface area contributed by atoms with Crippen molar-refractivity contribution in [2.45, 2.75) is 32.4 Å². The van der Waals surface area contributed by atoms with Gasteiger partial charge in [-0.25, -0.2) is 4.79 Å². The van der Waals surface area contributed by atoms with Gasteiger partial charge in [0.15, 0.2) is 0 Å². The maximum absolute atomic E-state index is 13.0. The van der Waals surface area contributed by atoms with Crippen molar-refractivity contribution in [3.8, 4) is 6.07 Å². The third kappa shape index (κ3) is 7.85. The van der Waals surface area contributed by atoms with Crippen molar-refractivity contribution in [3.63, 3.8) is 0 Å². The van der Waals surface area contributed by atoms with E-state index in [-0.39, 0.29) is 17.5 Å². The first-order chi connectivity index (χ1) is 17.3. The predicted molar refractivity (Wildman–Crippen MR) is 139 cm³/mol. The minimum atomic E-state index is -0.565. The monoisotopic (exact) mass is 489 g/mol. The number of piperazine rings is 1. The van der Waals surface area contributed by atoms with E-state index in [1.54, 1.807) is 25.7 Å². The summed E-state index contributed by atoms with van der Waals surface area (Å²) in [6.45, 7) is 8.52. The number of rotatable bonds is 8. The van der Waals surface area contributed by atoms with Crippen molar-refractivity contribution in [2.75, 3.05) is 39.3 Å². The molecule has 2 amide bonds. The molecule has 2 aromatic carbocycles. The Kier molecular flexibility index (Phi) is 9.48. The van der Waals surface area contributed by atoms with Gasteiger partial charge in [0.2, 0.25) is 0 Å². The average molecular weight is 490 g/mol. The fourth-order valence-corrected chi connectivity index (χ4v) is 4.11. The highest BCUT2D eigenvalue weighted by atomic mass is 16.6. The molecule has 1 aliphatic heterocycles. The molecule has 1 saturated heterocycles. The zero-order chi connectivity index (χ0) is 26.0. The van der Waals surface area contributed by atoms with Crippen LogP contribution in [0, 0.1) is 11.3 Å². The molecule has 1 fully saturated rings. The maximum Gasteiger partial charge on any atom is 0.407 e. The van der Waals surface area contributed by atoms with Gasteiger partial charge in [0, 0.05) is 45.5 Å². The van der Waals surface area contributed by atoms with Crippen LogP contribution in [-0.2, 0) is 9.53 Å². The average Bonchev–Trinajstić information content (AvgIpc) is 2.87. The van der Waals surface area contributed by atoms with Gasteiger partial charge < -0.3 is 20.3 Å². The van der Waals surface area contributed by atoms with Gasteiger partial charge in [-0.15, -0.1) is 0 Å². The molecule has 0 saturated carbocycles. The second-order valence-corrected chi connectivity index (χ2v) is 9.60. The zero-order valence-corrected chi connectivity index (χ0v) is 21.2. The van der Waals surface area contributed by atoms with Crippen LogP contribution in [0.3, 0.4) is 0 Å². The zero-order valence-electron chi connectivity index (χ0n) is 21.2. The van der Waals surface area contributed by atoms with Crippen LogP contribution in [0.4, 0.5) is 4.79 Å². The lowest BCUT2D eigenvalue weighted by atomic mass is 9.96. The van der Waals surface area contributed by atoms with E-state index < -0.39 is 11.7 Å². The first kappa shape index (κ1) is 26.8. The highest BCUT2D eigenvalue weighted by Gasteiger charge is 2.29. The molecule has 36 heavy (non-hydrogen) atoms. The number of nitrogens with one attached hydrogen (secondary N) is 2. The van der Waals surface area contributed by atoms with Crippen LogP contribution in [0.1, 0.15) is 37.9 Å². The van der Waals surface area contributed by atoms with Crippen LogP contribution in [0.15, 0.2) is 72.4 Å². The molecule has 0 bridgehead atoms. The lowest BCUT2D eigenvalue weighted by Crippen LogP contribution is -2.50. The Morgan fingerprint density at radius 1 is 0.972 bits per heavy atom. The van der Waals surface area contributed by atoms with Crippen LogP contribution < -0.4 is 10.6 Å². The smallest absolute Gasteiger partial charge is 0.407 e. The van der Waals surface area contributed by atoms with Crippen LogP contribution in [0.25, 0.3) is 0 Å². The second-order valence-electron chi connectivity index (χ2n) is 9.60. The molecule has 0 atom stereocenters. The molecule has 8 nitrogen and oxygen atoms in total. The molecule has 0 aromatic heterocycles. The fourth-order valence-electron chi connectivity index (χ4n) is 4.11. The topological polar surface area (TPSA) is 97.7 Å². The van der Waals surface area contributed by atoms with Crippen molar-refractivity contribution in [2.24, 2.45) is 0 Å². The van der Waals surface area contributed by atoms with E-state index in [2.05, 4.69) is 39.8 Å². The van der Waals surface area contributed by atoms with Gasteiger partial charge in [0.1, 0.15) is 17.2 Å². The molecule has 190 valence electrons. The molecule has 2 aromatic rings. The summed E-state index contributed by atoms with van der Waals surface area (Å²) in [4.78, 5) is 28.8. The number of ether oxygens (including phenoxy) is 1. The van der Waals surface area contributed by atoms with Crippen LogP contribution in [0.2, 0.25) is 0 Å². The fraction of sp³-hybridized carbons (Fsp3) is 0.393. The van der Waals surface area contributed by atoms with Crippen LogP contribution in [0.5, 0.6) is 0 Å². The van der Waals surface area contributed by atoms with E-state index in [1.165, 1.54) is 17.3 Å². The molecule has 1 heterocycles. The molecule has 0 aliphatic carbocycles. The van der Waals surface area contributed by atoms with E-state index in [4.69, 9.17) is 4.74 Å². The number of amides is 2. The lowest BCUT2D eigenvalue weighted by molar-refractivity contribution is -0.128. The molecule has 3 rings (SSSR count). The van der Waals surface area contributed by atoms with Gasteiger partial charge in [-0.2, -0.15) is 5.26 Å². The number of benzene rings is 2. The summed E-state index contributed by atoms with van der Waals surface area (Å²) in [5.74, 6) is -0.291. The quantitative estimate of drug-likeness (QED) is 0.335. The van der Waals surface area contributed by atoms with Crippen LogP contribution in [-0.4, -0.2) is 66.7 Å². The summed E-state index contributed by atoms with van der Waals surface area (Å²) in [6.07, 6.45) is 0.912. The molecule has 1 aliphatic rings. The largest absolute Gasteiger partial charge is 0.444 e. The SMILES string of the molecule is CC(C)(C)OC(=O)NCCN/C=C(/C#N)C(=O)N1CCN(C(c2ccccc2)c2ccccc2)CC1. The van der Waals surface area contributed by atoms with Gasteiger partial charge in [-0.1, -0.05) is 60.7 Å². The summed E-state index contributed by atoms with van der Waals surface area (Å²) in [5, 5.41) is 15.1. The molecule has 0 unspecified atom stereocenters. The first-order valence-electron chi connectivity index (χ1n) is 12.2. The summed E-state index contributed by atoms with van der Waals surface area (Å²) in [6, 6.07) is 22.9. The maximum atomic E-state index is 13.0. The number of nitrogens with zero attached hydrogens (tertiary/aromatic N) is 3. The third-order valence-electron chi connectivity index (χ3n) is 5.73. The summed E-state index contributed by atoms with van der Waals surface area (Å²) in [7, 11) is 0. The number of hydrogen-bond donors (Lipinski definition) is 2. The van der Waals surface area contributed by atoms with Gasteiger partial charge in [0.05, 0.1) is 6.04 Å². The first-order valence-corrected chi connectivity index (χ1v) is 12.2. The van der Waals surface area contributed by atoms with E-state index >= 15 is 0 Å². The standard InChI is InChI=1S/C28H35N5O3/c1-28(2,3)36-27(35)31-15-14-30-21-24(20-29)26(34)33-18-16-32(17-19-33)25(22-10-6-4-7-11-22)23-12-8-5-9-13-23/h4-13,21,25,30H,14-19H2,1-3H3,(H,31,35)/b24-21-. The van der Waals surface area contributed by atoms with Gasteiger partial charge >= 0.3 is 6.09 Å². The van der Waals surface area contributed by atoms with Crippen molar-refractivity contribution in [1.82, 2.24) is 20.4 Å². The van der Waals surface area contributed by atoms with Gasteiger partial charge in [0.25, 0.3) is 5.91 Å². The van der Waals surface area contributed by atoms with Crippen molar-refractivity contribution in [3.05, 3.63) is 83.6 Å². The van der Waals surface area contributed by atoms with Crippen molar-refractivity contribution in [1.29, 1.82) is 5.26 Å². The Balaban J connectivity index is 1.54. The minimum absolute atomic E-state index is 0.0448. The van der Waals surface area contributed by atoms with E-state index in [1.807, 2.05) is 42.5 Å². The predicted octanol–water partition coefficient (Wildman–Crippen LogP) is 3.44. The Labute approximate surface area is 213 Å². The normalized spacial score (nSPS) is 14.8. The van der Waals surface area contributed by atoms with E-state index in [0.717, 1.165) is 0 Å². The molecule has 8 heteroatoms. The number of hydrogen-bond acceptors (Lipinski definition) is 6. The van der Waals surface area contributed by atoms with Gasteiger partial charge in [-0.3, -0.25) is 9.69 Å². The molecule has 0 spiro atoms. The second kappa shape index (κ2) is 12.8. The van der Waals surface area contributed by atoms with E-state index in [9.17, 15) is 14.9 Å². The van der Waals surface area contributed by atoms with Gasteiger partial charge in [-0.05, 0) is 31.9 Å². The Morgan fingerprint density at radius 3 is 2.03 bits per heavy atom. The highest BCUT2D eigenvalue weighted by Crippen LogP contribution is 2.29. The van der Waals surface area contributed by atoms with E-state index in [0.29, 0.717) is 39.3 Å². The summed E-state index contributed by atoms with van der Waals surface area (Å²) >= 11 is 0. The lowest BCUT2D eigenvalue weighted by Gasteiger charge is -2.39. The third-order valence-corrected chi connectivity index (χ3v) is 5.73. The number of alkyl carbamates (subject to hydrolysis) is 1. The molecule has 0 radical (unpaired) electrons. The Bertz CT molecular complexity index is 1030. The molecular weight excluding hydrogens is 454 g/mol. The summed E-state index contributed by atoms with van der Waals surface area (Å²) in [5.41, 5.74) is 1.91. The number of carbonyl (C=O) groups is 2. The Morgan fingerprint density at radius 2 is 1.53 bits per heavy atom. The summed E-state index contributed by atoms with van der Waals surface area (Å²) < 4.78 is 5.18. The number of nitriles is 1. The highest BCUT2D eigenvalue weighted by molar-refractivity contribution is 5.97. The number of carbonyl (C=O) groups excluding carboxylic acids is 2. The van der Waals surface area contributed by atoms with Crippen molar-refractivity contribution >= 4 is 12.0 Å².